The molecule has 0 saturated heterocycles. The number of carbonyl (C=O) groups excluding carboxylic acids is 2. The van der Waals surface area contributed by atoms with E-state index < -0.39 is 0 Å². The van der Waals surface area contributed by atoms with Crippen LogP contribution in [0.3, 0.4) is 0 Å². The van der Waals surface area contributed by atoms with Gasteiger partial charge in [0.1, 0.15) is 5.75 Å². The normalized spacial score (nSPS) is 10.6. The molecule has 0 unspecified atom stereocenters. The summed E-state index contributed by atoms with van der Waals surface area (Å²) in [6, 6.07) is 6.94. The summed E-state index contributed by atoms with van der Waals surface area (Å²) in [6.07, 6.45) is 2.43. The van der Waals surface area contributed by atoms with Crippen molar-refractivity contribution in [1.29, 1.82) is 0 Å². The SMILES string of the molecule is COc1ccc(NC(=O)/C=C/C(=O)NCC(C)C)cc1. The average Bonchev–Trinajstić information content (AvgIpc) is 2.43. The molecule has 0 aliphatic carbocycles. The topological polar surface area (TPSA) is 67.4 Å². The van der Waals surface area contributed by atoms with E-state index in [1.54, 1.807) is 31.4 Å². The van der Waals surface area contributed by atoms with Gasteiger partial charge in [-0.3, -0.25) is 9.59 Å². The number of amides is 2. The zero-order valence-electron chi connectivity index (χ0n) is 12.0. The van der Waals surface area contributed by atoms with Gasteiger partial charge in [-0.1, -0.05) is 13.8 Å². The van der Waals surface area contributed by atoms with Crippen LogP contribution in [-0.4, -0.2) is 25.5 Å². The number of anilines is 1. The molecule has 1 rings (SSSR count). The van der Waals surface area contributed by atoms with Crippen molar-refractivity contribution in [1.82, 2.24) is 5.32 Å². The van der Waals surface area contributed by atoms with E-state index in [1.807, 2.05) is 13.8 Å². The summed E-state index contributed by atoms with van der Waals surface area (Å²) in [4.78, 5) is 23.0. The van der Waals surface area contributed by atoms with Gasteiger partial charge in [0.2, 0.25) is 11.8 Å². The quantitative estimate of drug-likeness (QED) is 0.780. The Kier molecular flexibility index (Phi) is 6.29. The zero-order chi connectivity index (χ0) is 15.0. The number of rotatable bonds is 6. The van der Waals surface area contributed by atoms with Crippen LogP contribution in [0.15, 0.2) is 36.4 Å². The minimum Gasteiger partial charge on any atom is -0.497 e. The van der Waals surface area contributed by atoms with Crippen LogP contribution in [0.25, 0.3) is 0 Å². The molecule has 0 bridgehead atoms. The highest BCUT2D eigenvalue weighted by Gasteiger charge is 2.01. The van der Waals surface area contributed by atoms with E-state index in [1.165, 1.54) is 12.2 Å². The molecule has 0 fully saturated rings. The second kappa shape index (κ2) is 7.99. The highest BCUT2D eigenvalue weighted by atomic mass is 16.5. The van der Waals surface area contributed by atoms with E-state index in [-0.39, 0.29) is 11.8 Å². The molecule has 0 aliphatic heterocycles. The molecule has 1 aromatic carbocycles. The Morgan fingerprint density at radius 2 is 1.75 bits per heavy atom. The van der Waals surface area contributed by atoms with Crippen LogP contribution in [-0.2, 0) is 9.59 Å². The van der Waals surface area contributed by atoms with E-state index in [4.69, 9.17) is 4.74 Å². The lowest BCUT2D eigenvalue weighted by Gasteiger charge is -2.05. The number of benzene rings is 1. The lowest BCUT2D eigenvalue weighted by molar-refractivity contribution is -0.117. The molecule has 0 radical (unpaired) electrons. The van der Waals surface area contributed by atoms with Crippen molar-refractivity contribution in [2.45, 2.75) is 13.8 Å². The maximum atomic E-state index is 11.6. The molecular weight excluding hydrogens is 256 g/mol. The highest BCUT2D eigenvalue weighted by Crippen LogP contribution is 2.14. The van der Waals surface area contributed by atoms with Crippen LogP contribution in [0.2, 0.25) is 0 Å². The first-order valence-electron chi connectivity index (χ1n) is 6.42. The highest BCUT2D eigenvalue weighted by molar-refractivity contribution is 6.03. The number of ether oxygens (including phenoxy) is 1. The minimum atomic E-state index is -0.352. The molecule has 2 amide bonds. The van der Waals surface area contributed by atoms with E-state index in [2.05, 4.69) is 10.6 Å². The van der Waals surface area contributed by atoms with E-state index in [9.17, 15) is 9.59 Å². The zero-order valence-corrected chi connectivity index (χ0v) is 12.0. The van der Waals surface area contributed by atoms with Gasteiger partial charge in [-0.2, -0.15) is 0 Å². The molecular formula is C15H20N2O3. The van der Waals surface area contributed by atoms with Crippen molar-refractivity contribution in [3.05, 3.63) is 36.4 Å². The molecule has 5 heteroatoms. The summed E-state index contributed by atoms with van der Waals surface area (Å²) in [5, 5.41) is 5.35. The second-order valence-electron chi connectivity index (χ2n) is 4.69. The Balaban J connectivity index is 2.44. The fourth-order valence-corrected chi connectivity index (χ4v) is 1.37. The summed E-state index contributed by atoms with van der Waals surface area (Å²) in [5.41, 5.74) is 0.642. The summed E-state index contributed by atoms with van der Waals surface area (Å²) in [5.74, 6) is 0.463. The first-order chi connectivity index (χ1) is 9.51. The molecule has 0 atom stereocenters. The van der Waals surface area contributed by atoms with Crippen molar-refractivity contribution in [3.8, 4) is 5.75 Å². The number of carbonyl (C=O) groups is 2. The first kappa shape index (κ1) is 15.8. The lowest BCUT2D eigenvalue weighted by atomic mass is 10.2. The summed E-state index contributed by atoms with van der Waals surface area (Å²) >= 11 is 0. The molecule has 5 nitrogen and oxygen atoms in total. The molecule has 20 heavy (non-hydrogen) atoms. The number of methoxy groups -OCH3 is 1. The fourth-order valence-electron chi connectivity index (χ4n) is 1.37. The average molecular weight is 276 g/mol. The molecule has 108 valence electrons. The van der Waals surface area contributed by atoms with Gasteiger partial charge in [0.05, 0.1) is 7.11 Å². The Labute approximate surface area is 119 Å². The molecule has 0 aliphatic rings. The predicted octanol–water partition coefficient (Wildman–Crippen LogP) is 1.96. The monoisotopic (exact) mass is 276 g/mol. The third-order valence-electron chi connectivity index (χ3n) is 2.43. The van der Waals surface area contributed by atoms with Crippen molar-refractivity contribution in [2.24, 2.45) is 5.92 Å². The minimum absolute atomic E-state index is 0.274. The second-order valence-corrected chi connectivity index (χ2v) is 4.69. The van der Waals surface area contributed by atoms with Crippen LogP contribution < -0.4 is 15.4 Å². The molecule has 2 N–H and O–H groups in total. The van der Waals surface area contributed by atoms with Crippen LogP contribution in [0, 0.1) is 5.92 Å². The maximum Gasteiger partial charge on any atom is 0.248 e. The number of nitrogens with one attached hydrogen (secondary N) is 2. The van der Waals surface area contributed by atoms with E-state index >= 15 is 0 Å². The Bertz CT molecular complexity index is 478. The standard InChI is InChI=1S/C15H20N2O3/c1-11(2)10-16-14(18)8-9-15(19)17-12-4-6-13(20-3)7-5-12/h4-9,11H,10H2,1-3H3,(H,16,18)(H,17,19)/b9-8+. The van der Waals surface area contributed by atoms with Gasteiger partial charge in [-0.25, -0.2) is 0 Å². The van der Waals surface area contributed by atoms with E-state index in [0.29, 0.717) is 23.9 Å². The third kappa shape index (κ3) is 6.04. The maximum absolute atomic E-state index is 11.6. The van der Waals surface area contributed by atoms with Crippen molar-refractivity contribution < 1.29 is 14.3 Å². The van der Waals surface area contributed by atoms with Gasteiger partial charge >= 0.3 is 0 Å². The molecule has 0 saturated carbocycles. The lowest BCUT2D eigenvalue weighted by Crippen LogP contribution is -2.25. The van der Waals surface area contributed by atoms with Crippen LogP contribution >= 0.6 is 0 Å². The molecule has 0 spiro atoms. The largest absolute Gasteiger partial charge is 0.497 e. The first-order valence-corrected chi connectivity index (χ1v) is 6.42. The van der Waals surface area contributed by atoms with E-state index in [0.717, 1.165) is 0 Å². The summed E-state index contributed by atoms with van der Waals surface area (Å²) in [7, 11) is 1.58. The fraction of sp³-hybridized carbons (Fsp3) is 0.333. The molecule has 0 aromatic heterocycles. The Morgan fingerprint density at radius 1 is 1.15 bits per heavy atom. The van der Waals surface area contributed by atoms with Gasteiger partial charge < -0.3 is 15.4 Å². The van der Waals surface area contributed by atoms with Gasteiger partial charge in [-0.15, -0.1) is 0 Å². The van der Waals surface area contributed by atoms with Gasteiger partial charge in [0.15, 0.2) is 0 Å². The van der Waals surface area contributed by atoms with Crippen molar-refractivity contribution in [3.63, 3.8) is 0 Å². The Morgan fingerprint density at radius 3 is 2.30 bits per heavy atom. The molecule has 1 aromatic rings. The Hall–Kier alpha value is -2.30. The van der Waals surface area contributed by atoms with Crippen molar-refractivity contribution in [2.75, 3.05) is 19.0 Å². The van der Waals surface area contributed by atoms with Crippen LogP contribution in [0.4, 0.5) is 5.69 Å². The summed E-state index contributed by atoms with van der Waals surface area (Å²) in [6.45, 7) is 4.59. The van der Waals surface area contributed by atoms with Crippen LogP contribution in [0.5, 0.6) is 5.75 Å². The summed E-state index contributed by atoms with van der Waals surface area (Å²) < 4.78 is 5.02. The van der Waals surface area contributed by atoms with Crippen LogP contribution in [0.1, 0.15) is 13.8 Å². The number of hydrogen-bond acceptors (Lipinski definition) is 3. The smallest absolute Gasteiger partial charge is 0.248 e. The van der Waals surface area contributed by atoms with Gasteiger partial charge in [0.25, 0.3) is 0 Å². The predicted molar refractivity (Wildman–Crippen MR) is 78.6 cm³/mol. The molecule has 0 heterocycles. The van der Waals surface area contributed by atoms with Gasteiger partial charge in [0, 0.05) is 24.4 Å². The van der Waals surface area contributed by atoms with Gasteiger partial charge in [-0.05, 0) is 30.2 Å². The number of hydrogen-bond donors (Lipinski definition) is 2. The van der Waals surface area contributed by atoms with Crippen molar-refractivity contribution >= 4 is 17.5 Å². The third-order valence-corrected chi connectivity index (χ3v) is 2.43.